The quantitative estimate of drug-likeness (QED) is 0.129. The highest BCUT2D eigenvalue weighted by Gasteiger charge is 2.12. The number of pyridine rings is 1. The fraction of sp³-hybridized carbons (Fsp3) is 0.433. The Morgan fingerprint density at radius 3 is 2.03 bits per heavy atom. The second-order valence-electron chi connectivity index (χ2n) is 7.95. The number of unbranched alkanes of at least 4 members (excludes halogenated alkanes) is 1. The molecule has 0 aromatic carbocycles. The fourth-order valence-electron chi connectivity index (χ4n) is 3.17. The Morgan fingerprint density at radius 2 is 1.49 bits per heavy atom. The Labute approximate surface area is 212 Å². The summed E-state index contributed by atoms with van der Waals surface area (Å²) in [6, 6.07) is 3.35. The second-order valence-corrected chi connectivity index (χ2v) is 7.95. The third-order valence-corrected chi connectivity index (χ3v) is 5.15. The zero-order chi connectivity index (χ0) is 25.4. The van der Waals surface area contributed by atoms with E-state index in [1.807, 2.05) is 6.92 Å². The van der Waals surface area contributed by atoms with E-state index in [2.05, 4.69) is 72.7 Å². The number of carbonyl (C=O) groups excluding carboxylic acids is 2. The first-order valence-corrected chi connectivity index (χ1v) is 12.8. The summed E-state index contributed by atoms with van der Waals surface area (Å²) in [5, 5.41) is 0. The van der Waals surface area contributed by atoms with E-state index in [0.29, 0.717) is 25.1 Å². The number of hydrogen-bond acceptors (Lipinski definition) is 4. The number of ether oxygens (including phenoxy) is 1. The fourth-order valence-corrected chi connectivity index (χ4v) is 3.17. The minimum Gasteiger partial charge on any atom is -0.460 e. The molecule has 5 heteroatoms. The number of likely N-dealkylation sites (N-methyl/N-ethyl adjacent to an activating group) is 1. The predicted octanol–water partition coefficient (Wildman–Crippen LogP) is 7.01. The Morgan fingerprint density at radius 1 is 0.886 bits per heavy atom. The van der Waals surface area contributed by atoms with Gasteiger partial charge in [-0.1, -0.05) is 67.7 Å². The summed E-state index contributed by atoms with van der Waals surface area (Å²) < 4.78 is 5.25. The molecule has 0 radical (unpaired) electrons. The molecule has 0 saturated heterocycles. The van der Waals surface area contributed by atoms with E-state index in [1.165, 1.54) is 6.20 Å². The number of carbonyl (C=O) groups is 2. The lowest BCUT2D eigenvalue weighted by atomic mass is 10.2. The molecule has 0 aliphatic rings. The van der Waals surface area contributed by atoms with Crippen molar-refractivity contribution in [1.29, 1.82) is 0 Å². The van der Waals surface area contributed by atoms with Gasteiger partial charge in [-0.25, -0.2) is 4.79 Å². The van der Waals surface area contributed by atoms with Crippen LogP contribution < -0.4 is 0 Å². The molecule has 0 aliphatic carbocycles. The third-order valence-electron chi connectivity index (χ3n) is 5.15. The van der Waals surface area contributed by atoms with Gasteiger partial charge in [-0.2, -0.15) is 0 Å². The van der Waals surface area contributed by atoms with Crippen molar-refractivity contribution in [2.75, 3.05) is 19.7 Å². The smallest absolute Gasteiger partial charge is 0.339 e. The van der Waals surface area contributed by atoms with Crippen LogP contribution in [0.4, 0.5) is 0 Å². The van der Waals surface area contributed by atoms with Crippen molar-refractivity contribution >= 4 is 11.9 Å². The number of nitrogens with zero attached hydrogens (tertiary/aromatic N) is 2. The van der Waals surface area contributed by atoms with E-state index >= 15 is 0 Å². The van der Waals surface area contributed by atoms with Crippen molar-refractivity contribution in [3.8, 4) is 0 Å². The van der Waals surface area contributed by atoms with Gasteiger partial charge in [0, 0.05) is 25.4 Å². The zero-order valence-electron chi connectivity index (χ0n) is 21.5. The Balaban J connectivity index is 2.09. The Kier molecular flexibility index (Phi) is 18.2. The summed E-state index contributed by atoms with van der Waals surface area (Å²) in [5.74, 6) is -0.322. The number of allylic oxidation sites excluding steroid dienone is 10. The van der Waals surface area contributed by atoms with Crippen molar-refractivity contribution in [1.82, 2.24) is 9.88 Å². The third kappa shape index (κ3) is 16.1. The highest BCUT2D eigenvalue weighted by atomic mass is 16.5. The number of hydrogen-bond donors (Lipinski definition) is 0. The first kappa shape index (κ1) is 29.8. The van der Waals surface area contributed by atoms with E-state index in [4.69, 9.17) is 4.74 Å². The van der Waals surface area contributed by atoms with Crippen LogP contribution in [0.2, 0.25) is 0 Å². The highest BCUT2D eigenvalue weighted by Crippen LogP contribution is 2.04. The van der Waals surface area contributed by atoms with Gasteiger partial charge >= 0.3 is 5.97 Å². The van der Waals surface area contributed by atoms with Crippen molar-refractivity contribution in [2.24, 2.45) is 0 Å². The molecule has 1 aromatic rings. The van der Waals surface area contributed by atoms with Gasteiger partial charge in [0.25, 0.3) is 0 Å². The lowest BCUT2D eigenvalue weighted by molar-refractivity contribution is -0.131. The maximum atomic E-state index is 12.4. The van der Waals surface area contributed by atoms with Gasteiger partial charge in [-0.05, 0) is 64.0 Å². The summed E-state index contributed by atoms with van der Waals surface area (Å²) in [7, 11) is 0. The molecule has 5 nitrogen and oxygen atoms in total. The molecule has 0 spiro atoms. The van der Waals surface area contributed by atoms with E-state index in [0.717, 1.165) is 44.9 Å². The average Bonchev–Trinajstić information content (AvgIpc) is 2.88. The van der Waals surface area contributed by atoms with Gasteiger partial charge in [-0.15, -0.1) is 0 Å². The molecule has 1 amide bonds. The van der Waals surface area contributed by atoms with Crippen molar-refractivity contribution in [3.63, 3.8) is 0 Å². The maximum Gasteiger partial charge on any atom is 0.339 e. The predicted molar refractivity (Wildman–Crippen MR) is 145 cm³/mol. The van der Waals surface area contributed by atoms with Crippen molar-refractivity contribution < 1.29 is 14.3 Å². The normalized spacial score (nSPS) is 12.1. The SMILES string of the molecule is CC/C=C/C/C=C/C/C=C/C/C=C/C/C=C/CCCC(=O)N(CC)CCOC(=O)c1cccnc1. The maximum absolute atomic E-state index is 12.4. The molecular weight excluding hydrogens is 436 g/mol. The van der Waals surface area contributed by atoms with Crippen LogP contribution in [0.3, 0.4) is 0 Å². The Hall–Kier alpha value is -3.21. The molecule has 1 aromatic heterocycles. The van der Waals surface area contributed by atoms with Gasteiger partial charge in [0.05, 0.1) is 12.1 Å². The van der Waals surface area contributed by atoms with Crippen LogP contribution in [0.15, 0.2) is 85.3 Å². The van der Waals surface area contributed by atoms with Crippen LogP contribution in [0.5, 0.6) is 0 Å². The number of esters is 1. The van der Waals surface area contributed by atoms with E-state index < -0.39 is 5.97 Å². The minimum atomic E-state index is -0.417. The summed E-state index contributed by atoms with van der Waals surface area (Å²) in [5.41, 5.74) is 0.416. The van der Waals surface area contributed by atoms with E-state index in [1.54, 1.807) is 23.2 Å². The summed E-state index contributed by atoms with van der Waals surface area (Å²) >= 11 is 0. The molecule has 0 aliphatic heterocycles. The van der Waals surface area contributed by atoms with Crippen LogP contribution >= 0.6 is 0 Å². The molecule has 0 fully saturated rings. The molecule has 0 saturated carbocycles. The van der Waals surface area contributed by atoms with Gasteiger partial charge in [0.1, 0.15) is 6.61 Å². The number of aromatic nitrogens is 1. The molecule has 1 heterocycles. The molecule has 0 bridgehead atoms. The minimum absolute atomic E-state index is 0.0947. The molecule has 0 atom stereocenters. The molecule has 35 heavy (non-hydrogen) atoms. The molecular formula is C30H42N2O3. The van der Waals surface area contributed by atoms with E-state index in [9.17, 15) is 9.59 Å². The van der Waals surface area contributed by atoms with Gasteiger partial charge in [0.15, 0.2) is 0 Å². The monoisotopic (exact) mass is 478 g/mol. The van der Waals surface area contributed by atoms with Crippen molar-refractivity contribution in [3.05, 3.63) is 90.9 Å². The van der Waals surface area contributed by atoms with Crippen LogP contribution in [-0.4, -0.2) is 41.5 Å². The largest absolute Gasteiger partial charge is 0.460 e. The molecule has 190 valence electrons. The molecule has 0 N–H and O–H groups in total. The average molecular weight is 479 g/mol. The standard InChI is InChI=1S/C30H42N2O3/c1-3-5-6-7-8-9-10-11-12-13-14-15-16-17-18-19-20-23-29(33)32(4-2)25-26-35-30(34)28-22-21-24-31-27-28/h5-6,8-9,11-12,14-15,17-18,21-22,24,27H,3-4,7,10,13,16,19-20,23,25-26H2,1-2H3/b6-5+,9-8+,12-11+,15-14+,18-17+. The first-order valence-electron chi connectivity index (χ1n) is 12.8. The van der Waals surface area contributed by atoms with Crippen molar-refractivity contribution in [2.45, 2.75) is 65.2 Å². The van der Waals surface area contributed by atoms with Gasteiger partial charge < -0.3 is 9.64 Å². The van der Waals surface area contributed by atoms with Crippen LogP contribution in [0, 0.1) is 0 Å². The number of rotatable bonds is 18. The highest BCUT2D eigenvalue weighted by molar-refractivity contribution is 5.88. The zero-order valence-corrected chi connectivity index (χ0v) is 21.5. The van der Waals surface area contributed by atoms with Crippen LogP contribution in [0.1, 0.15) is 75.6 Å². The molecule has 1 rings (SSSR count). The summed E-state index contributed by atoms with van der Waals surface area (Å²) in [4.78, 5) is 30.0. The first-order chi connectivity index (χ1) is 17.2. The van der Waals surface area contributed by atoms with E-state index in [-0.39, 0.29) is 12.5 Å². The summed E-state index contributed by atoms with van der Waals surface area (Å²) in [6.45, 7) is 5.27. The Bertz CT molecular complexity index is 838. The topological polar surface area (TPSA) is 59.5 Å². The van der Waals surface area contributed by atoms with Gasteiger partial charge in [0.2, 0.25) is 5.91 Å². The molecule has 0 unspecified atom stereocenters. The van der Waals surface area contributed by atoms with Crippen LogP contribution in [0.25, 0.3) is 0 Å². The number of amides is 1. The second kappa shape index (κ2) is 21.3. The van der Waals surface area contributed by atoms with Crippen LogP contribution in [-0.2, 0) is 9.53 Å². The van der Waals surface area contributed by atoms with Gasteiger partial charge in [-0.3, -0.25) is 9.78 Å². The lowest BCUT2D eigenvalue weighted by Crippen LogP contribution is -2.34. The lowest BCUT2D eigenvalue weighted by Gasteiger charge is -2.20. The summed E-state index contributed by atoms with van der Waals surface area (Å²) in [6.07, 6.45) is 32.0.